The zero-order valence-corrected chi connectivity index (χ0v) is 9.88. The van der Waals surface area contributed by atoms with Crippen LogP contribution in [0.25, 0.3) is 0 Å². The average Bonchev–Trinajstić information content (AvgIpc) is 2.23. The number of amides is 1. The molecule has 0 bridgehead atoms. The number of carbonyl (C=O) groups excluding carboxylic acids is 1. The molecule has 0 aliphatic heterocycles. The molecule has 0 saturated carbocycles. The molecule has 0 aliphatic rings. The Hall–Kier alpha value is -1.13. The maximum absolute atomic E-state index is 13.3. The smallest absolute Gasteiger partial charge is 0.229 e. The number of anilines is 1. The highest BCUT2D eigenvalue weighted by atomic mass is 35.5. The second kappa shape index (κ2) is 5.27. The van der Waals surface area contributed by atoms with Crippen LogP contribution in [0.15, 0.2) is 12.1 Å². The highest BCUT2D eigenvalue weighted by molar-refractivity contribution is 6.33. The summed E-state index contributed by atoms with van der Waals surface area (Å²) in [7, 11) is 1.49. The predicted molar refractivity (Wildman–Crippen MR) is 61.3 cm³/mol. The second-order valence-electron chi connectivity index (χ2n) is 3.48. The van der Waals surface area contributed by atoms with Crippen LogP contribution in [0.2, 0.25) is 5.02 Å². The van der Waals surface area contributed by atoms with Gasteiger partial charge < -0.3 is 10.0 Å². The van der Waals surface area contributed by atoms with E-state index in [-0.39, 0.29) is 18.9 Å². The first-order chi connectivity index (χ1) is 7.47. The quantitative estimate of drug-likeness (QED) is 0.886. The zero-order chi connectivity index (χ0) is 12.3. The monoisotopic (exact) mass is 245 g/mol. The molecule has 0 fully saturated rings. The molecular formula is C11H13ClFNO2. The fourth-order valence-electron chi connectivity index (χ4n) is 1.29. The van der Waals surface area contributed by atoms with Crippen LogP contribution in [0.3, 0.4) is 0 Å². The number of hydrogen-bond acceptors (Lipinski definition) is 2. The van der Waals surface area contributed by atoms with Gasteiger partial charge in [0.15, 0.2) is 0 Å². The predicted octanol–water partition coefficient (Wildman–Crippen LogP) is 2.13. The molecule has 3 nitrogen and oxygen atoms in total. The van der Waals surface area contributed by atoms with E-state index in [0.717, 1.165) is 0 Å². The van der Waals surface area contributed by atoms with E-state index < -0.39 is 5.82 Å². The molecule has 1 N–H and O–H groups in total. The van der Waals surface area contributed by atoms with Crippen LogP contribution in [-0.4, -0.2) is 24.7 Å². The number of aliphatic hydroxyl groups is 1. The first-order valence-electron chi connectivity index (χ1n) is 4.80. The Morgan fingerprint density at radius 3 is 2.75 bits per heavy atom. The summed E-state index contributed by atoms with van der Waals surface area (Å²) < 4.78 is 13.3. The fraction of sp³-hybridized carbons (Fsp3) is 0.364. The van der Waals surface area contributed by atoms with Gasteiger partial charge >= 0.3 is 0 Å². The van der Waals surface area contributed by atoms with Gasteiger partial charge in [-0.15, -0.1) is 0 Å². The normalized spacial score (nSPS) is 10.3. The molecule has 16 heavy (non-hydrogen) atoms. The number of rotatable bonds is 3. The van der Waals surface area contributed by atoms with E-state index in [1.54, 1.807) is 6.92 Å². The van der Waals surface area contributed by atoms with Crippen molar-refractivity contribution in [1.29, 1.82) is 0 Å². The van der Waals surface area contributed by atoms with Crippen LogP contribution in [0.4, 0.5) is 10.1 Å². The summed E-state index contributed by atoms with van der Waals surface area (Å²) in [6.07, 6.45) is -0.0116. The van der Waals surface area contributed by atoms with Crippen molar-refractivity contribution < 1.29 is 14.3 Å². The van der Waals surface area contributed by atoms with Gasteiger partial charge in [0.2, 0.25) is 5.91 Å². The van der Waals surface area contributed by atoms with Crippen molar-refractivity contribution in [2.75, 3.05) is 18.6 Å². The summed E-state index contributed by atoms with van der Waals surface area (Å²) in [5, 5.41) is 8.96. The molecule has 0 radical (unpaired) electrons. The van der Waals surface area contributed by atoms with E-state index in [2.05, 4.69) is 0 Å². The van der Waals surface area contributed by atoms with E-state index in [1.807, 2.05) is 0 Å². The Balaban J connectivity index is 3.04. The molecule has 1 aromatic carbocycles. The molecule has 88 valence electrons. The molecule has 5 heteroatoms. The van der Waals surface area contributed by atoms with Gasteiger partial charge in [-0.25, -0.2) is 4.39 Å². The maximum atomic E-state index is 13.3. The van der Waals surface area contributed by atoms with Gasteiger partial charge in [0, 0.05) is 7.05 Å². The minimum atomic E-state index is -0.414. The molecule has 0 aliphatic carbocycles. The topological polar surface area (TPSA) is 40.5 Å². The molecule has 0 atom stereocenters. The lowest BCUT2D eigenvalue weighted by Gasteiger charge is -2.18. The average molecular weight is 246 g/mol. The van der Waals surface area contributed by atoms with Gasteiger partial charge in [0.25, 0.3) is 0 Å². The van der Waals surface area contributed by atoms with Gasteiger partial charge in [-0.1, -0.05) is 11.6 Å². The van der Waals surface area contributed by atoms with Crippen molar-refractivity contribution in [1.82, 2.24) is 0 Å². The molecular weight excluding hydrogens is 233 g/mol. The van der Waals surface area contributed by atoms with Crippen molar-refractivity contribution in [2.24, 2.45) is 0 Å². The summed E-state index contributed by atoms with van der Waals surface area (Å²) in [6, 6.07) is 2.68. The SMILES string of the molecule is Cc1cc(Cl)c(N(C)C(=O)CCO)cc1F. The molecule has 0 saturated heterocycles. The Morgan fingerprint density at radius 1 is 1.56 bits per heavy atom. The van der Waals surface area contributed by atoms with Gasteiger partial charge in [-0.05, 0) is 24.6 Å². The second-order valence-corrected chi connectivity index (χ2v) is 3.89. The molecule has 0 spiro atoms. The minimum Gasteiger partial charge on any atom is -0.396 e. The van der Waals surface area contributed by atoms with E-state index in [4.69, 9.17) is 16.7 Å². The number of nitrogens with zero attached hydrogens (tertiary/aromatic N) is 1. The summed E-state index contributed by atoms with van der Waals surface area (Å²) >= 11 is 5.92. The first-order valence-corrected chi connectivity index (χ1v) is 5.18. The van der Waals surface area contributed by atoms with E-state index >= 15 is 0 Å². The first kappa shape index (κ1) is 12.9. The standard InChI is InChI=1S/C11H13ClFNO2/c1-7-5-8(12)10(6-9(7)13)14(2)11(16)3-4-15/h5-6,15H,3-4H2,1-2H3. The van der Waals surface area contributed by atoms with Crippen molar-refractivity contribution in [3.05, 3.63) is 28.5 Å². The fourth-order valence-corrected chi connectivity index (χ4v) is 1.64. The third-order valence-corrected chi connectivity index (χ3v) is 2.59. The number of halogens is 2. The van der Waals surface area contributed by atoms with Crippen molar-refractivity contribution in [2.45, 2.75) is 13.3 Å². The highest BCUT2D eigenvalue weighted by Crippen LogP contribution is 2.28. The summed E-state index contributed by atoms with van der Waals surface area (Å²) in [6.45, 7) is 1.36. The Labute approximate surface area is 98.4 Å². The molecule has 1 rings (SSSR count). The Bertz CT molecular complexity index is 409. The zero-order valence-electron chi connectivity index (χ0n) is 9.13. The number of carbonyl (C=O) groups is 1. The highest BCUT2D eigenvalue weighted by Gasteiger charge is 2.15. The van der Waals surface area contributed by atoms with E-state index in [9.17, 15) is 9.18 Å². The summed E-state index contributed by atoms with van der Waals surface area (Å²) in [5.74, 6) is -0.726. The lowest BCUT2D eigenvalue weighted by Crippen LogP contribution is -2.27. The van der Waals surface area contributed by atoms with Crippen LogP contribution < -0.4 is 4.90 Å². The lowest BCUT2D eigenvalue weighted by atomic mass is 10.2. The van der Waals surface area contributed by atoms with Crippen LogP contribution in [0.5, 0.6) is 0 Å². The summed E-state index contributed by atoms with van der Waals surface area (Å²) in [5.41, 5.74) is 0.736. The molecule has 0 heterocycles. The van der Waals surface area contributed by atoms with Crippen molar-refractivity contribution in [3.8, 4) is 0 Å². The minimum absolute atomic E-state index is 0.0116. The van der Waals surface area contributed by atoms with Crippen LogP contribution in [-0.2, 0) is 4.79 Å². The van der Waals surface area contributed by atoms with Crippen LogP contribution in [0.1, 0.15) is 12.0 Å². The van der Waals surface area contributed by atoms with Gasteiger partial charge in [0.1, 0.15) is 5.82 Å². The maximum Gasteiger partial charge on any atom is 0.229 e. The molecule has 0 aromatic heterocycles. The molecule has 1 aromatic rings. The molecule has 1 amide bonds. The third-order valence-electron chi connectivity index (χ3n) is 2.29. The van der Waals surface area contributed by atoms with Gasteiger partial charge in [-0.3, -0.25) is 4.79 Å². The van der Waals surface area contributed by atoms with Gasteiger partial charge in [-0.2, -0.15) is 0 Å². The third kappa shape index (κ3) is 2.71. The Morgan fingerprint density at radius 2 is 2.19 bits per heavy atom. The number of aliphatic hydroxyl groups excluding tert-OH is 1. The van der Waals surface area contributed by atoms with E-state index in [0.29, 0.717) is 16.3 Å². The van der Waals surface area contributed by atoms with Crippen LogP contribution >= 0.6 is 11.6 Å². The lowest BCUT2D eigenvalue weighted by molar-refractivity contribution is -0.118. The van der Waals surface area contributed by atoms with Crippen molar-refractivity contribution >= 4 is 23.2 Å². The summed E-state index contributed by atoms with van der Waals surface area (Å²) in [4.78, 5) is 12.7. The number of hydrogen-bond donors (Lipinski definition) is 1. The van der Waals surface area contributed by atoms with E-state index in [1.165, 1.54) is 24.1 Å². The van der Waals surface area contributed by atoms with Crippen LogP contribution in [0, 0.1) is 12.7 Å². The largest absolute Gasteiger partial charge is 0.396 e. The molecule has 0 unspecified atom stereocenters. The Kier molecular flexibility index (Phi) is 4.26. The number of benzene rings is 1. The van der Waals surface area contributed by atoms with Crippen molar-refractivity contribution in [3.63, 3.8) is 0 Å². The number of aryl methyl sites for hydroxylation is 1. The van der Waals surface area contributed by atoms with Gasteiger partial charge in [0.05, 0.1) is 23.7 Å².